The maximum atomic E-state index is 11.6. The van der Waals surface area contributed by atoms with Crippen LogP contribution in [0.2, 0.25) is 0 Å². The molecule has 0 unspecified atom stereocenters. The van der Waals surface area contributed by atoms with Crippen LogP contribution in [0.5, 0.6) is 0 Å². The predicted octanol–water partition coefficient (Wildman–Crippen LogP) is 1.93. The van der Waals surface area contributed by atoms with E-state index in [1.807, 2.05) is 19.0 Å². The molecule has 0 fully saturated rings. The second kappa shape index (κ2) is 5.09. The SMILES string of the molecule is CN(C)CCn1cc(Br)cc(Br)c1=O. The predicted molar refractivity (Wildman–Crippen MR) is 64.7 cm³/mol. The molecule has 1 heterocycles. The number of halogens is 2. The van der Waals surface area contributed by atoms with Gasteiger partial charge in [0.25, 0.3) is 5.56 Å². The Hall–Kier alpha value is -0.130. The molecule has 1 aromatic rings. The molecule has 0 aliphatic carbocycles. The molecule has 0 aliphatic rings. The van der Waals surface area contributed by atoms with Crippen molar-refractivity contribution < 1.29 is 0 Å². The van der Waals surface area contributed by atoms with E-state index in [-0.39, 0.29) is 5.56 Å². The first-order chi connectivity index (χ1) is 6.50. The number of likely N-dealkylation sites (N-methyl/N-ethyl adjacent to an activating group) is 1. The van der Waals surface area contributed by atoms with Crippen molar-refractivity contribution in [2.24, 2.45) is 0 Å². The summed E-state index contributed by atoms with van der Waals surface area (Å²) in [6.07, 6.45) is 1.80. The fourth-order valence-corrected chi connectivity index (χ4v) is 2.30. The zero-order chi connectivity index (χ0) is 10.7. The van der Waals surface area contributed by atoms with Crippen LogP contribution < -0.4 is 5.56 Å². The number of hydrogen-bond acceptors (Lipinski definition) is 2. The molecule has 0 bridgehead atoms. The van der Waals surface area contributed by atoms with Gasteiger partial charge in [-0.15, -0.1) is 0 Å². The smallest absolute Gasteiger partial charge is 0.264 e. The summed E-state index contributed by atoms with van der Waals surface area (Å²) in [6.45, 7) is 1.55. The van der Waals surface area contributed by atoms with Crippen molar-refractivity contribution in [1.29, 1.82) is 0 Å². The standard InChI is InChI=1S/C9H12Br2N2O/c1-12(2)3-4-13-6-7(10)5-8(11)9(13)14/h5-6H,3-4H2,1-2H3. The monoisotopic (exact) mass is 322 g/mol. The average molecular weight is 324 g/mol. The zero-order valence-electron chi connectivity index (χ0n) is 8.13. The van der Waals surface area contributed by atoms with E-state index < -0.39 is 0 Å². The summed E-state index contributed by atoms with van der Waals surface area (Å²) >= 11 is 6.58. The molecule has 1 aromatic heterocycles. The first-order valence-corrected chi connectivity index (χ1v) is 5.79. The van der Waals surface area contributed by atoms with Crippen LogP contribution in [0.1, 0.15) is 0 Å². The van der Waals surface area contributed by atoms with Crippen molar-refractivity contribution in [3.05, 3.63) is 31.6 Å². The Balaban J connectivity index is 2.91. The van der Waals surface area contributed by atoms with Crippen LogP contribution in [-0.4, -0.2) is 30.1 Å². The van der Waals surface area contributed by atoms with E-state index in [4.69, 9.17) is 0 Å². The molecule has 0 atom stereocenters. The number of hydrogen-bond donors (Lipinski definition) is 0. The molecular formula is C9H12Br2N2O. The molecule has 1 rings (SSSR count). The van der Waals surface area contributed by atoms with Crippen LogP contribution in [0.25, 0.3) is 0 Å². The highest BCUT2D eigenvalue weighted by molar-refractivity contribution is 9.11. The maximum Gasteiger partial charge on any atom is 0.264 e. The third-order valence-electron chi connectivity index (χ3n) is 1.80. The van der Waals surface area contributed by atoms with Gasteiger partial charge in [-0.3, -0.25) is 4.79 Å². The third-order valence-corrected chi connectivity index (χ3v) is 2.80. The number of pyridine rings is 1. The molecule has 0 amide bonds. The molecule has 14 heavy (non-hydrogen) atoms. The Kier molecular flexibility index (Phi) is 4.34. The minimum atomic E-state index is 0.00931. The largest absolute Gasteiger partial charge is 0.312 e. The van der Waals surface area contributed by atoms with Crippen LogP contribution in [0.15, 0.2) is 26.0 Å². The Morgan fingerprint density at radius 2 is 2.07 bits per heavy atom. The average Bonchev–Trinajstić information content (AvgIpc) is 2.08. The Morgan fingerprint density at radius 1 is 1.43 bits per heavy atom. The molecule has 0 aromatic carbocycles. The lowest BCUT2D eigenvalue weighted by molar-refractivity contribution is 0.380. The molecule has 0 saturated carbocycles. The van der Waals surface area contributed by atoms with Crippen molar-refractivity contribution in [2.45, 2.75) is 6.54 Å². The van der Waals surface area contributed by atoms with E-state index in [9.17, 15) is 4.79 Å². The van der Waals surface area contributed by atoms with E-state index in [0.717, 1.165) is 11.0 Å². The van der Waals surface area contributed by atoms with Gasteiger partial charge >= 0.3 is 0 Å². The van der Waals surface area contributed by atoms with Crippen molar-refractivity contribution in [3.63, 3.8) is 0 Å². The van der Waals surface area contributed by atoms with Crippen molar-refractivity contribution in [1.82, 2.24) is 9.47 Å². The first-order valence-electron chi connectivity index (χ1n) is 4.21. The topological polar surface area (TPSA) is 25.2 Å². The number of aromatic nitrogens is 1. The van der Waals surface area contributed by atoms with Gasteiger partial charge < -0.3 is 9.47 Å². The third kappa shape index (κ3) is 3.22. The van der Waals surface area contributed by atoms with E-state index >= 15 is 0 Å². The van der Waals surface area contributed by atoms with Gasteiger partial charge in [0.15, 0.2) is 0 Å². The fraction of sp³-hybridized carbons (Fsp3) is 0.444. The van der Waals surface area contributed by atoms with Gasteiger partial charge in [-0.05, 0) is 52.0 Å². The van der Waals surface area contributed by atoms with Crippen LogP contribution >= 0.6 is 31.9 Å². The lowest BCUT2D eigenvalue weighted by Gasteiger charge is -2.11. The van der Waals surface area contributed by atoms with Crippen LogP contribution in [0, 0.1) is 0 Å². The molecular weight excluding hydrogens is 312 g/mol. The van der Waals surface area contributed by atoms with E-state index in [1.165, 1.54) is 0 Å². The summed E-state index contributed by atoms with van der Waals surface area (Å²) in [5, 5.41) is 0. The van der Waals surface area contributed by atoms with E-state index in [1.54, 1.807) is 16.8 Å². The first kappa shape index (κ1) is 11.9. The van der Waals surface area contributed by atoms with E-state index in [2.05, 4.69) is 31.9 Å². The molecule has 0 spiro atoms. The fourth-order valence-electron chi connectivity index (χ4n) is 1.04. The molecule has 0 aliphatic heterocycles. The molecule has 0 radical (unpaired) electrons. The molecule has 78 valence electrons. The lowest BCUT2D eigenvalue weighted by atomic mass is 10.4. The highest BCUT2D eigenvalue weighted by atomic mass is 79.9. The highest BCUT2D eigenvalue weighted by Gasteiger charge is 2.02. The molecule has 0 N–H and O–H groups in total. The Labute approximate surface area is 100.0 Å². The van der Waals surface area contributed by atoms with Gasteiger partial charge in [0.2, 0.25) is 0 Å². The lowest BCUT2D eigenvalue weighted by Crippen LogP contribution is -2.26. The van der Waals surface area contributed by atoms with Crippen molar-refractivity contribution >= 4 is 31.9 Å². The Bertz CT molecular complexity index is 374. The summed E-state index contributed by atoms with van der Waals surface area (Å²) in [5.41, 5.74) is 0.00931. The minimum Gasteiger partial charge on any atom is -0.312 e. The molecule has 5 heteroatoms. The highest BCUT2D eigenvalue weighted by Crippen LogP contribution is 2.12. The van der Waals surface area contributed by atoms with Crippen LogP contribution in [0.4, 0.5) is 0 Å². The minimum absolute atomic E-state index is 0.00931. The zero-order valence-corrected chi connectivity index (χ0v) is 11.3. The summed E-state index contributed by atoms with van der Waals surface area (Å²) in [7, 11) is 3.97. The van der Waals surface area contributed by atoms with Gasteiger partial charge in [-0.1, -0.05) is 0 Å². The second-order valence-electron chi connectivity index (χ2n) is 3.31. The quantitative estimate of drug-likeness (QED) is 0.849. The Morgan fingerprint density at radius 3 is 2.64 bits per heavy atom. The van der Waals surface area contributed by atoms with Gasteiger partial charge in [0.1, 0.15) is 0 Å². The second-order valence-corrected chi connectivity index (χ2v) is 5.08. The normalized spacial score (nSPS) is 10.9. The maximum absolute atomic E-state index is 11.6. The summed E-state index contributed by atoms with van der Waals surface area (Å²) in [4.78, 5) is 13.7. The van der Waals surface area contributed by atoms with Gasteiger partial charge in [-0.2, -0.15) is 0 Å². The summed E-state index contributed by atoms with van der Waals surface area (Å²) in [6, 6.07) is 1.76. The number of rotatable bonds is 3. The summed E-state index contributed by atoms with van der Waals surface area (Å²) < 4.78 is 3.18. The van der Waals surface area contributed by atoms with E-state index in [0.29, 0.717) is 11.0 Å². The van der Waals surface area contributed by atoms with Crippen LogP contribution in [0.3, 0.4) is 0 Å². The van der Waals surface area contributed by atoms with Gasteiger partial charge in [-0.25, -0.2) is 0 Å². The van der Waals surface area contributed by atoms with Crippen LogP contribution in [-0.2, 0) is 6.54 Å². The van der Waals surface area contributed by atoms with Gasteiger partial charge in [0, 0.05) is 23.8 Å². The van der Waals surface area contributed by atoms with Crippen molar-refractivity contribution in [3.8, 4) is 0 Å². The van der Waals surface area contributed by atoms with Crippen molar-refractivity contribution in [2.75, 3.05) is 20.6 Å². The van der Waals surface area contributed by atoms with Gasteiger partial charge in [0.05, 0.1) is 4.47 Å². The summed E-state index contributed by atoms with van der Waals surface area (Å²) in [5.74, 6) is 0. The number of nitrogens with zero attached hydrogens (tertiary/aromatic N) is 2. The molecule has 3 nitrogen and oxygen atoms in total. The molecule has 0 saturated heterocycles.